The lowest BCUT2D eigenvalue weighted by Crippen LogP contribution is -2.26. The number of thiophene rings is 1. The molecule has 0 bridgehead atoms. The van der Waals surface area contributed by atoms with Gasteiger partial charge in [0.25, 0.3) is 5.91 Å². The summed E-state index contributed by atoms with van der Waals surface area (Å²) in [5.74, 6) is 1.31. The third-order valence-corrected chi connectivity index (χ3v) is 4.32. The van der Waals surface area contributed by atoms with E-state index in [1.54, 1.807) is 34.4 Å². The number of rotatable bonds is 3. The normalized spacial score (nSPS) is 12.5. The van der Waals surface area contributed by atoms with Crippen molar-refractivity contribution in [3.63, 3.8) is 0 Å². The summed E-state index contributed by atoms with van der Waals surface area (Å²) in [6.45, 7) is 2.90. The molecule has 0 N–H and O–H groups in total. The minimum atomic E-state index is -0.0175. The number of benzene rings is 1. The highest BCUT2D eigenvalue weighted by Crippen LogP contribution is 2.32. The fourth-order valence-corrected chi connectivity index (χ4v) is 3.06. The van der Waals surface area contributed by atoms with Gasteiger partial charge in [0.05, 0.1) is 6.54 Å². The van der Waals surface area contributed by atoms with Crippen LogP contribution in [0.1, 0.15) is 20.8 Å². The number of nitrogens with zero attached hydrogens (tertiary/aromatic N) is 1. The van der Waals surface area contributed by atoms with Gasteiger partial charge in [-0.25, -0.2) is 0 Å². The van der Waals surface area contributed by atoms with Gasteiger partial charge in [0.15, 0.2) is 11.5 Å². The Bertz CT molecular complexity index is 650. The fourth-order valence-electron chi connectivity index (χ4n) is 2.10. The highest BCUT2D eigenvalue weighted by Gasteiger charge is 2.19. The van der Waals surface area contributed by atoms with Crippen molar-refractivity contribution in [2.24, 2.45) is 0 Å². The van der Waals surface area contributed by atoms with E-state index in [1.165, 1.54) is 10.4 Å². The average Bonchev–Trinajstić information content (AvgIpc) is 3.06. The second-order valence-electron chi connectivity index (χ2n) is 4.76. The van der Waals surface area contributed by atoms with Crippen molar-refractivity contribution in [1.29, 1.82) is 0 Å². The second kappa shape index (κ2) is 5.17. The summed E-state index contributed by atoms with van der Waals surface area (Å²) in [5.41, 5.74) is 1.84. The van der Waals surface area contributed by atoms with Crippen LogP contribution in [-0.4, -0.2) is 24.6 Å². The molecular formula is C15H15NO3S. The lowest BCUT2D eigenvalue weighted by Gasteiger charge is -2.17. The van der Waals surface area contributed by atoms with Crippen molar-refractivity contribution < 1.29 is 14.3 Å². The first-order valence-corrected chi connectivity index (χ1v) is 7.21. The summed E-state index contributed by atoms with van der Waals surface area (Å²) < 4.78 is 10.6. The first-order valence-electron chi connectivity index (χ1n) is 6.33. The second-order valence-corrected chi connectivity index (χ2v) is 5.76. The number of amides is 1. The van der Waals surface area contributed by atoms with Crippen molar-refractivity contribution in [2.45, 2.75) is 13.5 Å². The Morgan fingerprint density at radius 1 is 1.30 bits per heavy atom. The lowest BCUT2D eigenvalue weighted by atomic mass is 10.1. The first-order chi connectivity index (χ1) is 9.65. The molecule has 0 fully saturated rings. The molecule has 1 aromatic carbocycles. The Morgan fingerprint density at radius 3 is 2.85 bits per heavy atom. The van der Waals surface area contributed by atoms with E-state index in [-0.39, 0.29) is 12.7 Å². The molecule has 0 aliphatic carbocycles. The zero-order valence-corrected chi connectivity index (χ0v) is 12.2. The van der Waals surface area contributed by atoms with Gasteiger partial charge in [0.2, 0.25) is 6.79 Å². The number of aryl methyl sites for hydroxylation is 1. The van der Waals surface area contributed by atoms with E-state index in [2.05, 4.69) is 13.0 Å². The molecule has 1 aromatic heterocycles. The van der Waals surface area contributed by atoms with Crippen LogP contribution in [0.5, 0.6) is 11.5 Å². The van der Waals surface area contributed by atoms with Crippen LogP contribution in [0.4, 0.5) is 0 Å². The topological polar surface area (TPSA) is 38.8 Å². The molecule has 3 rings (SSSR count). The van der Waals surface area contributed by atoms with Crippen LogP contribution >= 0.6 is 11.3 Å². The Morgan fingerprint density at radius 2 is 2.10 bits per heavy atom. The predicted molar refractivity (Wildman–Crippen MR) is 77.4 cm³/mol. The minimum Gasteiger partial charge on any atom is -0.454 e. The molecule has 0 atom stereocenters. The van der Waals surface area contributed by atoms with Gasteiger partial charge in [0, 0.05) is 17.5 Å². The van der Waals surface area contributed by atoms with Crippen LogP contribution < -0.4 is 9.47 Å². The monoisotopic (exact) mass is 289 g/mol. The lowest BCUT2D eigenvalue weighted by molar-refractivity contribution is 0.0786. The smallest absolute Gasteiger partial charge is 0.254 e. The van der Waals surface area contributed by atoms with Crippen molar-refractivity contribution >= 4 is 17.2 Å². The maximum Gasteiger partial charge on any atom is 0.254 e. The third-order valence-electron chi connectivity index (χ3n) is 3.32. The Balaban J connectivity index is 1.76. The molecule has 0 unspecified atom stereocenters. The standard InChI is InChI=1S/C15H15NO3S/c1-10-5-6-20-14(10)8-16(2)15(17)11-3-4-12-13(7-11)19-9-18-12/h3-7H,8-9H2,1-2H3. The van der Waals surface area contributed by atoms with E-state index in [0.717, 1.165) is 0 Å². The number of ether oxygens (including phenoxy) is 2. The maximum absolute atomic E-state index is 12.4. The van der Waals surface area contributed by atoms with Gasteiger partial charge >= 0.3 is 0 Å². The number of fused-ring (bicyclic) bond motifs is 1. The van der Waals surface area contributed by atoms with Crippen LogP contribution in [0.2, 0.25) is 0 Å². The van der Waals surface area contributed by atoms with E-state index in [9.17, 15) is 4.79 Å². The van der Waals surface area contributed by atoms with Crippen LogP contribution in [0.15, 0.2) is 29.6 Å². The van der Waals surface area contributed by atoms with Crippen molar-refractivity contribution in [2.75, 3.05) is 13.8 Å². The molecule has 104 valence electrons. The molecule has 0 radical (unpaired) electrons. The van der Waals surface area contributed by atoms with Gasteiger partial charge in [-0.15, -0.1) is 11.3 Å². The highest BCUT2D eigenvalue weighted by atomic mass is 32.1. The van der Waals surface area contributed by atoms with E-state index >= 15 is 0 Å². The summed E-state index contributed by atoms with van der Waals surface area (Å²) >= 11 is 1.67. The van der Waals surface area contributed by atoms with Gasteiger partial charge in [-0.3, -0.25) is 4.79 Å². The molecule has 0 saturated carbocycles. The Hall–Kier alpha value is -2.01. The molecule has 5 heteroatoms. The SMILES string of the molecule is Cc1ccsc1CN(C)C(=O)c1ccc2c(c1)OCO2. The van der Waals surface area contributed by atoms with Gasteiger partial charge in [-0.1, -0.05) is 0 Å². The number of carbonyl (C=O) groups excluding carboxylic acids is 1. The number of carbonyl (C=O) groups is 1. The molecule has 1 aliphatic rings. The fraction of sp³-hybridized carbons (Fsp3) is 0.267. The molecule has 2 aromatic rings. The third kappa shape index (κ3) is 2.36. The predicted octanol–water partition coefficient (Wildman–Crippen LogP) is 3.06. The maximum atomic E-state index is 12.4. The van der Waals surface area contributed by atoms with E-state index in [1.807, 2.05) is 12.4 Å². The van der Waals surface area contributed by atoms with E-state index < -0.39 is 0 Å². The van der Waals surface area contributed by atoms with Crippen LogP contribution in [0.3, 0.4) is 0 Å². The van der Waals surface area contributed by atoms with Gasteiger partial charge in [0.1, 0.15) is 0 Å². The quantitative estimate of drug-likeness (QED) is 0.871. The zero-order valence-electron chi connectivity index (χ0n) is 11.4. The minimum absolute atomic E-state index is 0.0175. The first kappa shape index (κ1) is 13.0. The number of hydrogen-bond acceptors (Lipinski definition) is 4. The molecule has 2 heterocycles. The summed E-state index contributed by atoms with van der Waals surface area (Å²) in [5, 5.41) is 2.05. The highest BCUT2D eigenvalue weighted by molar-refractivity contribution is 7.10. The number of hydrogen-bond donors (Lipinski definition) is 0. The van der Waals surface area contributed by atoms with Crippen molar-refractivity contribution in [3.05, 3.63) is 45.6 Å². The molecule has 4 nitrogen and oxygen atoms in total. The Labute approximate surface area is 121 Å². The molecule has 1 amide bonds. The molecular weight excluding hydrogens is 274 g/mol. The van der Waals surface area contributed by atoms with Crippen molar-refractivity contribution in [1.82, 2.24) is 4.90 Å². The Kier molecular flexibility index (Phi) is 3.36. The van der Waals surface area contributed by atoms with Gasteiger partial charge in [-0.2, -0.15) is 0 Å². The largest absolute Gasteiger partial charge is 0.454 e. The van der Waals surface area contributed by atoms with E-state index in [4.69, 9.17) is 9.47 Å². The molecule has 20 heavy (non-hydrogen) atoms. The molecule has 0 saturated heterocycles. The summed E-state index contributed by atoms with van der Waals surface area (Å²) in [6.07, 6.45) is 0. The van der Waals surface area contributed by atoms with Crippen LogP contribution in [0.25, 0.3) is 0 Å². The van der Waals surface area contributed by atoms with Crippen LogP contribution in [0, 0.1) is 6.92 Å². The zero-order chi connectivity index (χ0) is 14.1. The summed E-state index contributed by atoms with van der Waals surface area (Å²) in [6, 6.07) is 7.36. The molecule has 1 aliphatic heterocycles. The van der Waals surface area contributed by atoms with Crippen LogP contribution in [-0.2, 0) is 6.54 Å². The van der Waals surface area contributed by atoms with Crippen molar-refractivity contribution in [3.8, 4) is 11.5 Å². The average molecular weight is 289 g/mol. The summed E-state index contributed by atoms with van der Waals surface area (Å²) in [7, 11) is 1.81. The van der Waals surface area contributed by atoms with Gasteiger partial charge in [-0.05, 0) is 42.1 Å². The molecule has 0 spiro atoms. The van der Waals surface area contributed by atoms with E-state index in [0.29, 0.717) is 23.6 Å². The summed E-state index contributed by atoms with van der Waals surface area (Å²) in [4.78, 5) is 15.3. The van der Waals surface area contributed by atoms with Gasteiger partial charge < -0.3 is 14.4 Å².